The van der Waals surface area contributed by atoms with Gasteiger partial charge in [-0.1, -0.05) is 0 Å². The fraction of sp³-hybridized carbons (Fsp3) is 0.143. The zero-order valence-electron chi connectivity index (χ0n) is 5.51. The summed E-state index contributed by atoms with van der Waals surface area (Å²) < 4.78 is 0. The topological polar surface area (TPSA) is 47.6 Å². The second kappa shape index (κ2) is 2.63. The third-order valence-electron chi connectivity index (χ3n) is 1.09. The van der Waals surface area contributed by atoms with Crippen LogP contribution in [0.25, 0.3) is 0 Å². The normalized spacial score (nSPS) is 8.80. The molecule has 0 unspecified atom stereocenters. The molecule has 1 rings (SSSR count). The molecule has 0 bridgehead atoms. The van der Waals surface area contributed by atoms with Crippen molar-refractivity contribution in [3.63, 3.8) is 0 Å². The molecule has 1 aromatic rings. The summed E-state index contributed by atoms with van der Waals surface area (Å²) >= 11 is 1.36. The van der Waals surface area contributed by atoms with Crippen molar-refractivity contribution >= 4 is 17.0 Å². The van der Waals surface area contributed by atoms with Gasteiger partial charge in [-0.15, -0.1) is 11.3 Å². The van der Waals surface area contributed by atoms with E-state index in [1.807, 2.05) is 6.07 Å². The Morgan fingerprint density at radius 3 is 2.70 bits per heavy atom. The van der Waals surface area contributed by atoms with Crippen LogP contribution in [0.2, 0.25) is 0 Å². The zero-order chi connectivity index (χ0) is 7.56. The number of hydrogen-bond donors (Lipinski definition) is 1. The Morgan fingerprint density at radius 1 is 1.70 bits per heavy atom. The van der Waals surface area contributed by atoms with Crippen molar-refractivity contribution in [2.45, 2.75) is 6.92 Å². The van der Waals surface area contributed by atoms with Gasteiger partial charge in [-0.3, -0.25) is 0 Å². The molecule has 1 aromatic heterocycles. The van der Waals surface area contributed by atoms with Crippen molar-refractivity contribution < 1.29 is 0 Å². The highest BCUT2D eigenvalue weighted by Crippen LogP contribution is 2.14. The highest BCUT2D eigenvalue weighted by molar-refractivity contribution is 7.14. The van der Waals surface area contributed by atoms with Crippen molar-refractivity contribution in [1.82, 2.24) is 0 Å². The summed E-state index contributed by atoms with van der Waals surface area (Å²) in [7, 11) is 0. The van der Waals surface area contributed by atoms with E-state index >= 15 is 0 Å². The molecule has 0 aliphatic carbocycles. The molecular formula is C7H6N2S. The van der Waals surface area contributed by atoms with E-state index in [1.54, 1.807) is 19.1 Å². The van der Waals surface area contributed by atoms with Gasteiger partial charge in [-0.05, 0) is 19.1 Å². The number of nitriles is 1. The van der Waals surface area contributed by atoms with Crippen molar-refractivity contribution in [1.29, 1.82) is 10.7 Å². The summed E-state index contributed by atoms with van der Waals surface area (Å²) in [5, 5.41) is 15.6. The molecule has 0 atom stereocenters. The molecule has 2 nitrogen and oxygen atoms in total. The summed E-state index contributed by atoms with van der Waals surface area (Å²) in [4.78, 5) is 1.54. The molecule has 0 aliphatic rings. The fourth-order valence-corrected chi connectivity index (χ4v) is 1.31. The monoisotopic (exact) mass is 150 g/mol. The Labute approximate surface area is 63.2 Å². The van der Waals surface area contributed by atoms with Crippen LogP contribution in [-0.2, 0) is 0 Å². The molecule has 0 radical (unpaired) electrons. The second-order valence-corrected chi connectivity index (χ2v) is 2.98. The molecule has 0 aromatic carbocycles. The number of hydrogen-bond acceptors (Lipinski definition) is 3. The van der Waals surface area contributed by atoms with E-state index in [9.17, 15) is 0 Å². The summed E-state index contributed by atoms with van der Waals surface area (Å²) in [6.45, 7) is 1.72. The third-order valence-corrected chi connectivity index (χ3v) is 2.20. The molecule has 50 valence electrons. The van der Waals surface area contributed by atoms with Crippen LogP contribution in [0.4, 0.5) is 0 Å². The Hall–Kier alpha value is -1.14. The van der Waals surface area contributed by atoms with E-state index in [-0.39, 0.29) is 0 Å². The van der Waals surface area contributed by atoms with Gasteiger partial charge in [0.15, 0.2) is 0 Å². The lowest BCUT2D eigenvalue weighted by Gasteiger charge is -1.84. The van der Waals surface area contributed by atoms with Gasteiger partial charge < -0.3 is 5.41 Å². The SMILES string of the molecule is CC(=N)c1ccc(C#N)s1. The maximum absolute atomic E-state index is 8.42. The number of nitrogens with one attached hydrogen (secondary N) is 1. The van der Waals surface area contributed by atoms with Gasteiger partial charge in [-0.2, -0.15) is 5.26 Å². The summed E-state index contributed by atoms with van der Waals surface area (Å²) in [6, 6.07) is 5.56. The molecule has 1 heterocycles. The van der Waals surface area contributed by atoms with Gasteiger partial charge in [0, 0.05) is 10.6 Å². The van der Waals surface area contributed by atoms with Crippen LogP contribution in [0, 0.1) is 16.7 Å². The van der Waals surface area contributed by atoms with Gasteiger partial charge in [0.1, 0.15) is 10.9 Å². The Morgan fingerprint density at radius 2 is 2.40 bits per heavy atom. The summed E-state index contributed by atoms with van der Waals surface area (Å²) in [5.74, 6) is 0. The molecule has 0 amide bonds. The third kappa shape index (κ3) is 1.23. The molecule has 3 heteroatoms. The summed E-state index contributed by atoms with van der Waals surface area (Å²) in [6.07, 6.45) is 0. The predicted octanol–water partition coefficient (Wildman–Crippen LogP) is 2.01. The smallest absolute Gasteiger partial charge is 0.110 e. The Bertz CT molecular complexity index is 293. The van der Waals surface area contributed by atoms with Crippen LogP contribution in [-0.4, -0.2) is 5.71 Å². The van der Waals surface area contributed by atoms with E-state index in [0.29, 0.717) is 10.6 Å². The predicted molar refractivity (Wildman–Crippen MR) is 41.5 cm³/mol. The first-order valence-electron chi connectivity index (χ1n) is 2.79. The quantitative estimate of drug-likeness (QED) is 0.611. The van der Waals surface area contributed by atoms with Crippen LogP contribution in [0.1, 0.15) is 16.7 Å². The lowest BCUT2D eigenvalue weighted by Crippen LogP contribution is -1.83. The molecular weight excluding hydrogens is 144 g/mol. The summed E-state index contributed by atoms with van der Waals surface area (Å²) in [5.41, 5.74) is 0.520. The van der Waals surface area contributed by atoms with E-state index in [2.05, 4.69) is 0 Å². The molecule has 0 spiro atoms. The standard InChI is InChI=1S/C7H6N2S/c1-5(9)7-3-2-6(4-8)10-7/h2-3,9H,1H3. The Kier molecular flexibility index (Phi) is 1.83. The maximum Gasteiger partial charge on any atom is 0.110 e. The molecule has 1 N–H and O–H groups in total. The van der Waals surface area contributed by atoms with Gasteiger partial charge in [-0.25, -0.2) is 0 Å². The van der Waals surface area contributed by atoms with Gasteiger partial charge >= 0.3 is 0 Å². The first-order chi connectivity index (χ1) is 4.74. The molecule has 10 heavy (non-hydrogen) atoms. The van der Waals surface area contributed by atoms with Gasteiger partial charge in [0.25, 0.3) is 0 Å². The zero-order valence-corrected chi connectivity index (χ0v) is 6.33. The van der Waals surface area contributed by atoms with E-state index in [4.69, 9.17) is 10.7 Å². The van der Waals surface area contributed by atoms with Gasteiger partial charge in [0.05, 0.1) is 0 Å². The minimum atomic E-state index is 0.520. The van der Waals surface area contributed by atoms with Crippen LogP contribution < -0.4 is 0 Å². The largest absolute Gasteiger partial charge is 0.304 e. The molecule has 0 fully saturated rings. The van der Waals surface area contributed by atoms with Crippen molar-refractivity contribution in [3.8, 4) is 6.07 Å². The number of rotatable bonds is 1. The highest BCUT2D eigenvalue weighted by Gasteiger charge is 1.98. The second-order valence-electron chi connectivity index (χ2n) is 1.90. The average Bonchev–Trinajstić information content (AvgIpc) is 2.34. The number of thiophene rings is 1. The highest BCUT2D eigenvalue weighted by atomic mass is 32.1. The fourth-order valence-electron chi connectivity index (χ4n) is 0.600. The molecule has 0 aliphatic heterocycles. The average molecular weight is 150 g/mol. The Balaban J connectivity index is 3.02. The maximum atomic E-state index is 8.42. The van der Waals surface area contributed by atoms with Gasteiger partial charge in [0.2, 0.25) is 0 Å². The van der Waals surface area contributed by atoms with E-state index < -0.39 is 0 Å². The minimum absolute atomic E-state index is 0.520. The van der Waals surface area contributed by atoms with Crippen molar-refractivity contribution in [3.05, 3.63) is 21.9 Å². The van der Waals surface area contributed by atoms with Crippen LogP contribution in [0.15, 0.2) is 12.1 Å². The molecule has 0 saturated heterocycles. The van der Waals surface area contributed by atoms with Crippen molar-refractivity contribution in [2.75, 3.05) is 0 Å². The number of nitrogens with zero attached hydrogens (tertiary/aromatic N) is 1. The van der Waals surface area contributed by atoms with Crippen LogP contribution in [0.3, 0.4) is 0 Å². The van der Waals surface area contributed by atoms with E-state index in [1.165, 1.54) is 11.3 Å². The lowest BCUT2D eigenvalue weighted by atomic mass is 10.3. The van der Waals surface area contributed by atoms with E-state index in [0.717, 1.165) is 4.88 Å². The molecule has 0 saturated carbocycles. The van der Waals surface area contributed by atoms with Crippen LogP contribution >= 0.6 is 11.3 Å². The lowest BCUT2D eigenvalue weighted by molar-refractivity contribution is 1.49. The van der Waals surface area contributed by atoms with Crippen LogP contribution in [0.5, 0.6) is 0 Å². The first-order valence-corrected chi connectivity index (χ1v) is 3.61. The first kappa shape index (κ1) is 6.97. The minimum Gasteiger partial charge on any atom is -0.304 e. The van der Waals surface area contributed by atoms with Crippen molar-refractivity contribution in [2.24, 2.45) is 0 Å².